The molecule has 3 unspecified atom stereocenters. The van der Waals surface area contributed by atoms with Crippen LogP contribution in [0, 0.1) is 0 Å². The Balaban J connectivity index is 1.15. The first-order valence-corrected chi connectivity index (χ1v) is 14.1. The summed E-state index contributed by atoms with van der Waals surface area (Å²) in [5.41, 5.74) is 2.41. The number of halogens is 1. The Morgan fingerprint density at radius 2 is 2.06 bits per heavy atom. The van der Waals surface area contributed by atoms with E-state index in [0.717, 1.165) is 50.0 Å². The van der Waals surface area contributed by atoms with Gasteiger partial charge >= 0.3 is 6.03 Å². The van der Waals surface area contributed by atoms with Crippen LogP contribution in [0.25, 0.3) is 0 Å². The minimum Gasteiger partial charge on any atom is -0.493 e. The number of thiazole rings is 1. The van der Waals surface area contributed by atoms with Gasteiger partial charge in [0.25, 0.3) is 0 Å². The second kappa shape index (κ2) is 8.40. The monoisotopic (exact) mass is 551 g/mol. The molecule has 2 fully saturated rings. The van der Waals surface area contributed by atoms with Gasteiger partial charge < -0.3 is 19.9 Å². The zero-order valence-corrected chi connectivity index (χ0v) is 20.3. The quantitative estimate of drug-likeness (QED) is 0.447. The molecule has 0 aliphatic carbocycles. The lowest BCUT2D eigenvalue weighted by Gasteiger charge is -2.35. The summed E-state index contributed by atoms with van der Waals surface area (Å²) >= 11 is 1.19. The van der Waals surface area contributed by atoms with E-state index >= 15 is 0 Å². The van der Waals surface area contributed by atoms with Crippen molar-refractivity contribution in [3.05, 3.63) is 40.4 Å². The Morgan fingerprint density at radius 3 is 2.94 bits per heavy atom. The number of nitrogens with one attached hydrogen (secondary N) is 1. The zero-order chi connectivity index (χ0) is 20.8. The van der Waals surface area contributed by atoms with Gasteiger partial charge in [-0.15, -0.1) is 0 Å². The van der Waals surface area contributed by atoms with Crippen LogP contribution in [0.1, 0.15) is 39.3 Å². The molecular weight excluding hydrogens is 525 g/mol. The van der Waals surface area contributed by atoms with E-state index < -0.39 is 21.0 Å². The van der Waals surface area contributed by atoms with E-state index in [-0.39, 0.29) is 6.03 Å². The molecule has 7 nitrogen and oxygen atoms in total. The summed E-state index contributed by atoms with van der Waals surface area (Å²) in [5, 5.41) is 4.71. The molecule has 5 heterocycles. The summed E-state index contributed by atoms with van der Waals surface area (Å²) in [7, 11) is 0. The molecule has 1 N–H and O–H groups in total. The highest BCUT2D eigenvalue weighted by Crippen LogP contribution is 2.42. The van der Waals surface area contributed by atoms with E-state index in [0.29, 0.717) is 22.6 Å². The molecule has 0 saturated carbocycles. The minimum atomic E-state index is -0.604. The standard InChI is InChI=1S/C22H26IN5O2S/c29-21(26-23-17-8-10-30-19-4-2-1-3-16(17)19)27-9-7-18-20(13-27)31-22(25-18)28-14-5-6-15(28)12-24-11-14/h1-4,14-15,17,24H,5-13H2. The zero-order valence-electron chi connectivity index (χ0n) is 17.3. The summed E-state index contributed by atoms with van der Waals surface area (Å²) in [6, 6.07) is 9.29. The van der Waals surface area contributed by atoms with Gasteiger partial charge in [-0.05, 0) is 25.3 Å². The highest BCUT2D eigenvalue weighted by atomic mass is 127. The lowest BCUT2D eigenvalue weighted by molar-refractivity contribution is 0.204. The second-order valence-corrected chi connectivity index (χ2v) is 12.2. The number of amides is 2. The lowest BCUT2D eigenvalue weighted by atomic mass is 10.1. The number of urea groups is 1. The van der Waals surface area contributed by atoms with Crippen molar-refractivity contribution in [2.75, 3.05) is 31.1 Å². The van der Waals surface area contributed by atoms with Crippen molar-refractivity contribution in [1.82, 2.24) is 15.2 Å². The molecule has 2 amide bonds. The number of anilines is 1. The van der Waals surface area contributed by atoms with Crippen molar-refractivity contribution in [3.63, 3.8) is 0 Å². The van der Waals surface area contributed by atoms with E-state index in [1.165, 1.54) is 29.0 Å². The van der Waals surface area contributed by atoms with Gasteiger partial charge in [0.2, 0.25) is 0 Å². The maximum atomic E-state index is 12.9. The van der Waals surface area contributed by atoms with Crippen LogP contribution in [-0.4, -0.2) is 54.2 Å². The van der Waals surface area contributed by atoms with E-state index in [4.69, 9.17) is 9.72 Å². The normalized spacial score (nSPS) is 27.4. The molecule has 6 rings (SSSR count). The SMILES string of the molecule is O=C(N=IC1CCOc2ccccc21)N1CCc2nc(N3C4CCC3CNC4)sc2C1. The number of alkyl halides is 1. The molecule has 31 heavy (non-hydrogen) atoms. The molecule has 2 aromatic rings. The van der Waals surface area contributed by atoms with E-state index in [1.54, 1.807) is 11.3 Å². The highest BCUT2D eigenvalue weighted by Gasteiger charge is 2.39. The van der Waals surface area contributed by atoms with Crippen molar-refractivity contribution < 1.29 is 9.53 Å². The number of fused-ring (bicyclic) bond motifs is 4. The summed E-state index contributed by atoms with van der Waals surface area (Å²) in [6.45, 7) is 4.22. The maximum Gasteiger partial charge on any atom is 0.348 e. The van der Waals surface area contributed by atoms with Crippen molar-refractivity contribution in [1.29, 1.82) is 0 Å². The average molecular weight is 551 g/mol. The van der Waals surface area contributed by atoms with Crippen molar-refractivity contribution in [2.24, 2.45) is 3.15 Å². The van der Waals surface area contributed by atoms with Gasteiger partial charge in [0.05, 0.1) is 22.8 Å². The number of benzene rings is 1. The molecule has 0 spiro atoms. The Morgan fingerprint density at radius 1 is 1.23 bits per heavy atom. The number of piperazine rings is 1. The van der Waals surface area contributed by atoms with Crippen molar-refractivity contribution in [3.8, 4) is 5.75 Å². The van der Waals surface area contributed by atoms with Gasteiger partial charge in [-0.25, -0.2) is 9.78 Å². The molecule has 1 aromatic carbocycles. The number of carbonyl (C=O) groups excluding carboxylic acids is 1. The van der Waals surface area contributed by atoms with Crippen LogP contribution in [0.5, 0.6) is 5.75 Å². The second-order valence-electron chi connectivity index (χ2n) is 8.60. The molecular formula is C22H26IN5O2S. The first kappa shape index (κ1) is 20.0. The summed E-state index contributed by atoms with van der Waals surface area (Å²) < 4.78 is 10.7. The predicted molar refractivity (Wildman–Crippen MR) is 130 cm³/mol. The number of aromatic nitrogens is 1. The van der Waals surface area contributed by atoms with Crippen LogP contribution in [0.3, 0.4) is 0 Å². The van der Waals surface area contributed by atoms with E-state index in [2.05, 4.69) is 19.4 Å². The van der Waals surface area contributed by atoms with Crippen LogP contribution in [0.4, 0.5) is 9.93 Å². The molecule has 4 aliphatic heterocycles. The molecule has 9 heteroatoms. The first-order chi connectivity index (χ1) is 15.3. The number of carbonyl (C=O) groups is 1. The van der Waals surface area contributed by atoms with Crippen molar-refractivity contribution in [2.45, 2.75) is 48.2 Å². The number of para-hydroxylation sites is 1. The topological polar surface area (TPSA) is 70.1 Å². The molecule has 0 radical (unpaired) electrons. The third-order valence-corrected chi connectivity index (χ3v) is 10.5. The predicted octanol–water partition coefficient (Wildman–Crippen LogP) is 4.24. The molecule has 1 aromatic heterocycles. The Labute approximate surface area is 196 Å². The smallest absolute Gasteiger partial charge is 0.348 e. The number of hydrogen-bond acceptors (Lipinski definition) is 6. The third kappa shape index (κ3) is 3.78. The van der Waals surface area contributed by atoms with Crippen LogP contribution >= 0.6 is 32.4 Å². The minimum absolute atomic E-state index is 0.0420. The number of rotatable bonds is 2. The molecule has 2 bridgehead atoms. The fourth-order valence-corrected chi connectivity index (χ4v) is 8.59. The Kier molecular flexibility index (Phi) is 5.43. The fraction of sp³-hybridized carbons (Fsp3) is 0.545. The fourth-order valence-electron chi connectivity index (χ4n) is 5.10. The van der Waals surface area contributed by atoms with Gasteiger partial charge in [0.1, 0.15) is 5.75 Å². The average Bonchev–Trinajstić information content (AvgIpc) is 3.33. The molecule has 3 atom stereocenters. The van der Waals surface area contributed by atoms with Crippen LogP contribution in [-0.2, 0) is 13.0 Å². The largest absolute Gasteiger partial charge is 0.493 e. The van der Waals surface area contributed by atoms with Crippen LogP contribution in [0.15, 0.2) is 27.4 Å². The number of ether oxygens (including phenoxy) is 1. The van der Waals surface area contributed by atoms with Gasteiger partial charge in [-0.2, -0.15) is 3.15 Å². The van der Waals surface area contributed by atoms with Crippen molar-refractivity contribution >= 4 is 43.5 Å². The van der Waals surface area contributed by atoms with E-state index in [1.807, 2.05) is 23.1 Å². The van der Waals surface area contributed by atoms with Gasteiger partial charge in [-0.3, -0.25) is 0 Å². The van der Waals surface area contributed by atoms with Gasteiger partial charge in [0, 0.05) is 69.6 Å². The highest BCUT2D eigenvalue weighted by molar-refractivity contribution is 14.2. The van der Waals surface area contributed by atoms with Crippen LogP contribution < -0.4 is 15.0 Å². The van der Waals surface area contributed by atoms with Gasteiger partial charge in [-0.1, -0.05) is 29.5 Å². The van der Waals surface area contributed by atoms with E-state index in [9.17, 15) is 4.79 Å². The number of hydrogen-bond donors (Lipinski definition) is 1. The molecule has 2 saturated heterocycles. The maximum absolute atomic E-state index is 12.9. The molecule has 4 aliphatic rings. The third-order valence-electron chi connectivity index (χ3n) is 6.72. The Bertz CT molecular complexity index is 1010. The Hall–Kier alpha value is -1.59. The summed E-state index contributed by atoms with van der Waals surface area (Å²) in [6.07, 6.45) is 4.30. The lowest BCUT2D eigenvalue weighted by Crippen LogP contribution is -2.51. The number of nitrogens with zero attached hydrogens (tertiary/aromatic N) is 4. The van der Waals surface area contributed by atoms with Gasteiger partial charge in [0.15, 0.2) is 5.13 Å². The van der Waals surface area contributed by atoms with Crippen LogP contribution in [0.2, 0.25) is 0 Å². The summed E-state index contributed by atoms with van der Waals surface area (Å²) in [4.78, 5) is 23.6. The summed E-state index contributed by atoms with van der Waals surface area (Å²) in [5.74, 6) is 0.961. The first-order valence-electron chi connectivity index (χ1n) is 11.1. The molecule has 164 valence electrons.